The number of nitrogens with zero attached hydrogens (tertiary/aromatic N) is 2. The van der Waals surface area contributed by atoms with Crippen molar-refractivity contribution in [1.29, 1.82) is 0 Å². The lowest BCUT2D eigenvalue weighted by atomic mass is 10.2. The Morgan fingerprint density at radius 3 is 2.89 bits per heavy atom. The van der Waals surface area contributed by atoms with E-state index in [1.54, 1.807) is 17.4 Å². The van der Waals surface area contributed by atoms with Gasteiger partial charge in [-0.2, -0.15) is 0 Å². The van der Waals surface area contributed by atoms with Gasteiger partial charge in [-0.15, -0.1) is 11.3 Å². The zero-order valence-electron chi connectivity index (χ0n) is 10.2. The van der Waals surface area contributed by atoms with Crippen molar-refractivity contribution in [2.45, 2.75) is 20.4 Å². The van der Waals surface area contributed by atoms with Crippen LogP contribution in [0.3, 0.4) is 0 Å². The Kier molecular flexibility index (Phi) is 3.57. The molecular formula is C12H14N4OS. The largest absolute Gasteiger partial charge is 0.398 e. The summed E-state index contributed by atoms with van der Waals surface area (Å²) in [5.41, 5.74) is 8.26. The average Bonchev–Trinajstić information content (AvgIpc) is 2.72. The van der Waals surface area contributed by atoms with Crippen LogP contribution in [0.5, 0.6) is 0 Å². The lowest BCUT2D eigenvalue weighted by Crippen LogP contribution is -2.24. The first-order chi connectivity index (χ1) is 8.56. The molecule has 1 amide bonds. The van der Waals surface area contributed by atoms with E-state index in [4.69, 9.17) is 5.73 Å². The highest BCUT2D eigenvalue weighted by Gasteiger charge is 2.10. The number of hydrogen-bond donors (Lipinski definition) is 2. The van der Waals surface area contributed by atoms with Crippen molar-refractivity contribution in [3.8, 4) is 0 Å². The number of pyridine rings is 1. The second-order valence-electron chi connectivity index (χ2n) is 3.95. The molecule has 3 N–H and O–H groups in total. The predicted octanol–water partition coefficient (Wildman–Crippen LogP) is 1.67. The van der Waals surface area contributed by atoms with E-state index in [2.05, 4.69) is 15.3 Å². The van der Waals surface area contributed by atoms with Crippen molar-refractivity contribution < 1.29 is 4.79 Å². The molecule has 0 bridgehead atoms. The van der Waals surface area contributed by atoms with E-state index in [9.17, 15) is 4.79 Å². The smallest absolute Gasteiger partial charge is 0.255 e. The number of aryl methyl sites for hydroxylation is 2. The number of carbonyl (C=O) groups is 1. The summed E-state index contributed by atoms with van der Waals surface area (Å²) in [4.78, 5) is 20.2. The van der Waals surface area contributed by atoms with E-state index in [0.717, 1.165) is 16.4 Å². The average molecular weight is 262 g/mol. The van der Waals surface area contributed by atoms with Crippen LogP contribution in [0.25, 0.3) is 0 Å². The van der Waals surface area contributed by atoms with Crippen molar-refractivity contribution in [3.05, 3.63) is 39.6 Å². The van der Waals surface area contributed by atoms with Crippen LogP contribution in [0, 0.1) is 13.8 Å². The lowest BCUT2D eigenvalue weighted by molar-refractivity contribution is 0.0951. The van der Waals surface area contributed by atoms with Crippen LogP contribution in [-0.4, -0.2) is 15.9 Å². The number of thiazole rings is 1. The van der Waals surface area contributed by atoms with Gasteiger partial charge in [-0.25, -0.2) is 4.98 Å². The minimum absolute atomic E-state index is 0.231. The van der Waals surface area contributed by atoms with Crippen LogP contribution in [0.15, 0.2) is 17.6 Å². The van der Waals surface area contributed by atoms with E-state index >= 15 is 0 Å². The SMILES string of the molecule is Cc1cc(N)c(C(=O)NCc2csc(C)n2)cn1. The number of hydrogen-bond acceptors (Lipinski definition) is 5. The van der Waals surface area contributed by atoms with E-state index in [0.29, 0.717) is 17.8 Å². The van der Waals surface area contributed by atoms with Gasteiger partial charge in [0.05, 0.1) is 22.8 Å². The maximum Gasteiger partial charge on any atom is 0.255 e. The van der Waals surface area contributed by atoms with Gasteiger partial charge in [0.2, 0.25) is 0 Å². The molecule has 0 fully saturated rings. The van der Waals surface area contributed by atoms with Gasteiger partial charge < -0.3 is 11.1 Å². The van der Waals surface area contributed by atoms with Gasteiger partial charge in [-0.05, 0) is 19.9 Å². The zero-order chi connectivity index (χ0) is 13.1. The molecule has 0 aliphatic rings. The quantitative estimate of drug-likeness (QED) is 0.881. The third-order valence-electron chi connectivity index (χ3n) is 2.41. The highest BCUT2D eigenvalue weighted by Crippen LogP contribution is 2.12. The van der Waals surface area contributed by atoms with Crippen molar-refractivity contribution >= 4 is 22.9 Å². The Morgan fingerprint density at radius 2 is 2.28 bits per heavy atom. The molecule has 2 rings (SSSR count). The fourth-order valence-corrected chi connectivity index (χ4v) is 2.14. The highest BCUT2D eigenvalue weighted by atomic mass is 32.1. The number of amides is 1. The molecule has 2 aromatic heterocycles. The summed E-state index contributed by atoms with van der Waals surface area (Å²) in [6, 6.07) is 1.68. The standard InChI is InChI=1S/C12H14N4OS/c1-7-3-11(13)10(5-14-7)12(17)15-4-9-6-18-8(2)16-9/h3,5-6H,4H2,1-2H3,(H2,13,14)(H,15,17). The Hall–Kier alpha value is -1.95. The van der Waals surface area contributed by atoms with Crippen LogP contribution >= 0.6 is 11.3 Å². The summed E-state index contributed by atoms with van der Waals surface area (Å²) in [5, 5.41) is 5.68. The maximum absolute atomic E-state index is 11.9. The van der Waals surface area contributed by atoms with Crippen LogP contribution < -0.4 is 11.1 Å². The molecule has 0 aliphatic carbocycles. The fourth-order valence-electron chi connectivity index (χ4n) is 1.53. The van der Waals surface area contributed by atoms with Gasteiger partial charge in [0.1, 0.15) is 0 Å². The second kappa shape index (κ2) is 5.14. The van der Waals surface area contributed by atoms with Gasteiger partial charge in [0.25, 0.3) is 5.91 Å². The first-order valence-corrected chi connectivity index (χ1v) is 6.35. The molecule has 2 aromatic rings. The number of nitrogens with one attached hydrogen (secondary N) is 1. The molecule has 0 unspecified atom stereocenters. The van der Waals surface area contributed by atoms with Gasteiger partial charge in [0.15, 0.2) is 0 Å². The van der Waals surface area contributed by atoms with Gasteiger partial charge >= 0.3 is 0 Å². The summed E-state index contributed by atoms with van der Waals surface area (Å²) in [6.45, 7) is 4.16. The number of nitrogen functional groups attached to an aromatic ring is 1. The molecule has 18 heavy (non-hydrogen) atoms. The topological polar surface area (TPSA) is 80.9 Å². The van der Waals surface area contributed by atoms with Gasteiger partial charge in [0, 0.05) is 23.0 Å². The van der Waals surface area contributed by atoms with Gasteiger partial charge in [-0.1, -0.05) is 0 Å². The molecule has 0 atom stereocenters. The molecule has 0 aliphatic heterocycles. The Labute approximate surface area is 109 Å². The fraction of sp³-hybridized carbons (Fsp3) is 0.250. The number of anilines is 1. The Bertz CT molecular complexity index is 579. The minimum Gasteiger partial charge on any atom is -0.398 e. The number of rotatable bonds is 3. The van der Waals surface area contributed by atoms with Crippen molar-refractivity contribution in [2.24, 2.45) is 0 Å². The lowest BCUT2D eigenvalue weighted by Gasteiger charge is -2.06. The normalized spacial score (nSPS) is 10.3. The van der Waals surface area contributed by atoms with E-state index in [1.165, 1.54) is 6.20 Å². The van der Waals surface area contributed by atoms with E-state index < -0.39 is 0 Å². The number of carbonyl (C=O) groups excluding carboxylic acids is 1. The molecule has 0 saturated carbocycles. The summed E-state index contributed by atoms with van der Waals surface area (Å²) >= 11 is 1.56. The monoisotopic (exact) mass is 262 g/mol. The van der Waals surface area contributed by atoms with Crippen molar-refractivity contribution in [1.82, 2.24) is 15.3 Å². The third-order valence-corrected chi connectivity index (χ3v) is 3.24. The molecule has 2 heterocycles. The minimum atomic E-state index is -0.231. The van der Waals surface area contributed by atoms with Crippen LogP contribution in [-0.2, 0) is 6.54 Å². The summed E-state index contributed by atoms with van der Waals surface area (Å²) in [5.74, 6) is -0.231. The molecule has 5 nitrogen and oxygen atoms in total. The first-order valence-electron chi connectivity index (χ1n) is 5.47. The molecule has 6 heteroatoms. The Balaban J connectivity index is 2.03. The van der Waals surface area contributed by atoms with Crippen LogP contribution in [0.2, 0.25) is 0 Å². The summed E-state index contributed by atoms with van der Waals surface area (Å²) in [6.07, 6.45) is 1.49. The van der Waals surface area contributed by atoms with E-state index in [1.807, 2.05) is 19.2 Å². The molecule has 0 spiro atoms. The molecule has 0 aromatic carbocycles. The van der Waals surface area contributed by atoms with E-state index in [-0.39, 0.29) is 5.91 Å². The summed E-state index contributed by atoms with van der Waals surface area (Å²) < 4.78 is 0. The number of nitrogens with two attached hydrogens (primary N) is 1. The number of aromatic nitrogens is 2. The van der Waals surface area contributed by atoms with Gasteiger partial charge in [-0.3, -0.25) is 9.78 Å². The van der Waals surface area contributed by atoms with Crippen molar-refractivity contribution in [2.75, 3.05) is 5.73 Å². The van der Waals surface area contributed by atoms with Crippen molar-refractivity contribution in [3.63, 3.8) is 0 Å². The molecule has 0 saturated heterocycles. The third kappa shape index (κ3) is 2.84. The molecule has 0 radical (unpaired) electrons. The Morgan fingerprint density at radius 1 is 1.50 bits per heavy atom. The second-order valence-corrected chi connectivity index (χ2v) is 5.02. The van der Waals surface area contributed by atoms with Crippen LogP contribution in [0.1, 0.15) is 26.8 Å². The highest BCUT2D eigenvalue weighted by molar-refractivity contribution is 7.09. The van der Waals surface area contributed by atoms with Crippen LogP contribution in [0.4, 0.5) is 5.69 Å². The maximum atomic E-state index is 11.9. The summed E-state index contributed by atoms with van der Waals surface area (Å²) in [7, 11) is 0. The first kappa shape index (κ1) is 12.5. The zero-order valence-corrected chi connectivity index (χ0v) is 11.0. The molecular weight excluding hydrogens is 248 g/mol. The molecule has 94 valence electrons. The predicted molar refractivity (Wildman–Crippen MR) is 71.4 cm³/mol.